The van der Waals surface area contributed by atoms with Gasteiger partial charge in [-0.05, 0) is 51.2 Å². The largest absolute Gasteiger partial charge is 0.459 e. The molecule has 11 nitrogen and oxygen atoms in total. The third kappa shape index (κ3) is 7.95. The summed E-state index contributed by atoms with van der Waals surface area (Å²) in [6.45, 7) is 9.23. The number of nitro groups is 1. The van der Waals surface area contributed by atoms with Crippen LogP contribution in [0.15, 0.2) is 48.5 Å². The molecule has 1 heterocycles. The molecule has 214 valence electrons. The minimum Gasteiger partial charge on any atom is -0.459 e. The lowest BCUT2D eigenvalue weighted by molar-refractivity contribution is -0.384. The van der Waals surface area contributed by atoms with Crippen LogP contribution >= 0.6 is 0 Å². The van der Waals surface area contributed by atoms with Crippen LogP contribution in [-0.4, -0.2) is 57.7 Å². The molecule has 0 spiro atoms. The van der Waals surface area contributed by atoms with Crippen LogP contribution in [0.5, 0.6) is 0 Å². The van der Waals surface area contributed by atoms with Crippen LogP contribution in [0.3, 0.4) is 0 Å². The number of esters is 1. The topological polar surface area (TPSA) is 148 Å². The smallest absolute Gasteiger partial charge is 0.323 e. The minimum atomic E-state index is -1.01. The maximum atomic E-state index is 13.2. The molecule has 3 amide bonds. The molecule has 1 aliphatic heterocycles. The number of hydrogen-bond acceptors (Lipinski definition) is 8. The number of hydrogen-bond donors (Lipinski definition) is 2. The van der Waals surface area contributed by atoms with E-state index in [4.69, 9.17) is 4.74 Å². The van der Waals surface area contributed by atoms with Crippen molar-refractivity contribution >= 4 is 29.4 Å². The van der Waals surface area contributed by atoms with Crippen LogP contribution in [0.25, 0.3) is 0 Å². The number of non-ortho nitro benzene ring substituents is 1. The zero-order valence-corrected chi connectivity index (χ0v) is 23.4. The highest BCUT2D eigenvalue weighted by Gasteiger charge is 2.38. The van der Waals surface area contributed by atoms with E-state index in [0.29, 0.717) is 13.0 Å². The first-order valence-corrected chi connectivity index (χ1v) is 13.2. The van der Waals surface area contributed by atoms with E-state index in [1.54, 1.807) is 20.8 Å². The van der Waals surface area contributed by atoms with Gasteiger partial charge in [-0.2, -0.15) is 0 Å². The van der Waals surface area contributed by atoms with Crippen molar-refractivity contribution in [3.05, 3.63) is 75.3 Å². The quantitative estimate of drug-likeness (QED) is 0.176. The molecule has 3 rings (SSSR count). The molecule has 1 aliphatic rings. The minimum absolute atomic E-state index is 0.0248. The second-order valence-electron chi connectivity index (χ2n) is 11.2. The SMILES string of the molecule is CC(C)CC(NC(CCN1C(=O)c2ccc([N+](=O)[O-])cc2C1=O)C(=O)OC(C)(C)C)C(=O)NCc1ccccc1. The summed E-state index contributed by atoms with van der Waals surface area (Å²) in [5.74, 6) is -2.07. The molecule has 2 aromatic carbocycles. The molecule has 2 aromatic rings. The summed E-state index contributed by atoms with van der Waals surface area (Å²) < 4.78 is 5.59. The van der Waals surface area contributed by atoms with E-state index in [1.807, 2.05) is 44.2 Å². The number of nitro benzene ring substituents is 1. The fraction of sp³-hybridized carbons (Fsp3) is 0.448. The highest BCUT2D eigenvalue weighted by molar-refractivity contribution is 6.21. The van der Waals surface area contributed by atoms with Crippen molar-refractivity contribution in [1.82, 2.24) is 15.5 Å². The van der Waals surface area contributed by atoms with Crippen molar-refractivity contribution in [3.63, 3.8) is 0 Å². The lowest BCUT2D eigenvalue weighted by atomic mass is 10.0. The molecule has 0 saturated carbocycles. The summed E-state index contributed by atoms with van der Waals surface area (Å²) in [5, 5.41) is 17.2. The van der Waals surface area contributed by atoms with Gasteiger partial charge in [0, 0.05) is 25.2 Å². The molecule has 0 aliphatic carbocycles. The Kier molecular flexibility index (Phi) is 9.75. The molecule has 2 unspecified atom stereocenters. The van der Waals surface area contributed by atoms with E-state index in [-0.39, 0.29) is 41.6 Å². The number of carbonyl (C=O) groups excluding carboxylic acids is 4. The fourth-order valence-corrected chi connectivity index (χ4v) is 4.37. The van der Waals surface area contributed by atoms with Crippen molar-refractivity contribution in [2.24, 2.45) is 5.92 Å². The summed E-state index contributed by atoms with van der Waals surface area (Å²) in [6, 6.07) is 11.2. The maximum Gasteiger partial charge on any atom is 0.323 e. The van der Waals surface area contributed by atoms with Gasteiger partial charge < -0.3 is 10.1 Å². The van der Waals surface area contributed by atoms with Crippen LogP contribution in [-0.2, 0) is 20.9 Å². The number of imide groups is 1. The van der Waals surface area contributed by atoms with Gasteiger partial charge in [-0.15, -0.1) is 0 Å². The number of benzene rings is 2. The molecule has 0 bridgehead atoms. The number of nitrogens with one attached hydrogen (secondary N) is 2. The van der Waals surface area contributed by atoms with Crippen molar-refractivity contribution in [1.29, 1.82) is 0 Å². The average molecular weight is 553 g/mol. The van der Waals surface area contributed by atoms with Gasteiger partial charge in [0.25, 0.3) is 17.5 Å². The first-order chi connectivity index (χ1) is 18.8. The summed E-state index contributed by atoms with van der Waals surface area (Å²) >= 11 is 0. The number of carbonyl (C=O) groups is 4. The Morgan fingerprint density at radius 2 is 1.65 bits per heavy atom. The molecule has 2 atom stereocenters. The average Bonchev–Trinajstić information content (AvgIpc) is 3.12. The second-order valence-corrected chi connectivity index (χ2v) is 11.2. The molecule has 0 aromatic heterocycles. The van der Waals surface area contributed by atoms with Crippen molar-refractivity contribution < 1.29 is 28.8 Å². The van der Waals surface area contributed by atoms with Gasteiger partial charge >= 0.3 is 5.97 Å². The van der Waals surface area contributed by atoms with Gasteiger partial charge in [-0.1, -0.05) is 44.2 Å². The molecular formula is C29H36N4O7. The third-order valence-corrected chi connectivity index (χ3v) is 6.23. The second kappa shape index (κ2) is 12.8. The van der Waals surface area contributed by atoms with Crippen LogP contribution in [0, 0.1) is 16.0 Å². The number of nitrogens with zero attached hydrogens (tertiary/aromatic N) is 2. The van der Waals surface area contributed by atoms with Crippen LogP contribution in [0.1, 0.15) is 73.7 Å². The summed E-state index contributed by atoms with van der Waals surface area (Å²) in [7, 11) is 0. The maximum absolute atomic E-state index is 13.2. The van der Waals surface area contributed by atoms with Crippen molar-refractivity contribution in [3.8, 4) is 0 Å². The predicted octanol–water partition coefficient (Wildman–Crippen LogP) is 3.61. The Labute approximate surface area is 233 Å². The summed E-state index contributed by atoms with van der Waals surface area (Å²) in [6.07, 6.45) is 0.402. The monoisotopic (exact) mass is 552 g/mol. The molecule has 0 radical (unpaired) electrons. The van der Waals surface area contributed by atoms with E-state index >= 15 is 0 Å². The molecule has 2 N–H and O–H groups in total. The Balaban J connectivity index is 1.78. The molecule has 0 saturated heterocycles. The fourth-order valence-electron chi connectivity index (χ4n) is 4.37. The van der Waals surface area contributed by atoms with Gasteiger partial charge in [-0.3, -0.25) is 39.5 Å². The van der Waals surface area contributed by atoms with Gasteiger partial charge in [0.05, 0.1) is 22.1 Å². The highest BCUT2D eigenvalue weighted by atomic mass is 16.6. The van der Waals surface area contributed by atoms with E-state index in [2.05, 4.69) is 10.6 Å². The lowest BCUT2D eigenvalue weighted by Gasteiger charge is -2.29. The van der Waals surface area contributed by atoms with E-state index in [1.165, 1.54) is 12.1 Å². The Hall–Kier alpha value is -4.12. The molecule has 11 heteroatoms. The zero-order valence-electron chi connectivity index (χ0n) is 23.4. The van der Waals surface area contributed by atoms with Crippen LogP contribution < -0.4 is 10.6 Å². The van der Waals surface area contributed by atoms with Crippen LogP contribution in [0.4, 0.5) is 5.69 Å². The number of ether oxygens (including phenoxy) is 1. The van der Waals surface area contributed by atoms with Gasteiger partial charge in [0.2, 0.25) is 5.91 Å². The highest BCUT2D eigenvalue weighted by Crippen LogP contribution is 2.27. The molecule has 40 heavy (non-hydrogen) atoms. The first kappa shape index (κ1) is 30.4. The normalized spacial score (nSPS) is 14.6. The van der Waals surface area contributed by atoms with E-state index in [0.717, 1.165) is 16.5 Å². The standard InChI is InChI=1S/C29H36N4O7/c1-18(2)15-24(25(34)30-17-19-9-7-6-8-10-19)31-23(28(37)40-29(3,4)5)13-14-32-26(35)21-12-11-20(33(38)39)16-22(21)27(32)36/h6-12,16,18,23-24,31H,13-15,17H2,1-5H3,(H,30,34). The summed E-state index contributed by atoms with van der Waals surface area (Å²) in [4.78, 5) is 63.8. The van der Waals surface area contributed by atoms with Gasteiger partial charge in [0.15, 0.2) is 0 Å². The first-order valence-electron chi connectivity index (χ1n) is 13.2. The van der Waals surface area contributed by atoms with E-state index in [9.17, 15) is 29.3 Å². The van der Waals surface area contributed by atoms with Crippen molar-refractivity contribution in [2.45, 2.75) is 71.7 Å². The Morgan fingerprint density at radius 3 is 2.25 bits per heavy atom. The lowest BCUT2D eigenvalue weighted by Crippen LogP contribution is -2.53. The van der Waals surface area contributed by atoms with Gasteiger partial charge in [0.1, 0.15) is 11.6 Å². The Bertz CT molecular complexity index is 1270. The number of amides is 3. The van der Waals surface area contributed by atoms with E-state index < -0.39 is 40.4 Å². The number of rotatable bonds is 12. The predicted molar refractivity (Wildman–Crippen MR) is 147 cm³/mol. The third-order valence-electron chi connectivity index (χ3n) is 6.23. The summed E-state index contributed by atoms with van der Waals surface area (Å²) in [5.41, 5.74) is -0.176. The van der Waals surface area contributed by atoms with Gasteiger partial charge in [-0.25, -0.2) is 0 Å². The van der Waals surface area contributed by atoms with Crippen molar-refractivity contribution in [2.75, 3.05) is 6.54 Å². The number of fused-ring (bicyclic) bond motifs is 1. The molecular weight excluding hydrogens is 516 g/mol. The zero-order chi connectivity index (χ0) is 29.6. The van der Waals surface area contributed by atoms with Crippen LogP contribution in [0.2, 0.25) is 0 Å². The molecule has 0 fully saturated rings. The Morgan fingerprint density at radius 1 is 1.00 bits per heavy atom.